The van der Waals surface area contributed by atoms with Crippen LogP contribution in [0.4, 0.5) is 8.78 Å². The number of rotatable bonds is 4. The summed E-state index contributed by atoms with van der Waals surface area (Å²) in [5.74, 6) is -0.593. The minimum Gasteiger partial charge on any atom is -0.306 e. The van der Waals surface area contributed by atoms with Crippen LogP contribution in [0.25, 0.3) is 0 Å². The van der Waals surface area contributed by atoms with Gasteiger partial charge in [0.1, 0.15) is 11.6 Å². The molecule has 106 valence electrons. The summed E-state index contributed by atoms with van der Waals surface area (Å²) in [6, 6.07) is 9.45. The number of hydrogen-bond donors (Lipinski definition) is 1. The van der Waals surface area contributed by atoms with Gasteiger partial charge in [-0.2, -0.15) is 0 Å². The largest absolute Gasteiger partial charge is 0.306 e. The molecule has 1 atom stereocenters. The van der Waals surface area contributed by atoms with E-state index < -0.39 is 0 Å². The van der Waals surface area contributed by atoms with Crippen LogP contribution in [0.1, 0.15) is 29.7 Å². The van der Waals surface area contributed by atoms with Gasteiger partial charge in [-0.25, -0.2) is 8.78 Å². The molecule has 2 aromatic carbocycles. The molecule has 0 heterocycles. The fourth-order valence-electron chi connectivity index (χ4n) is 2.17. The van der Waals surface area contributed by atoms with Gasteiger partial charge in [0, 0.05) is 10.0 Å². The van der Waals surface area contributed by atoms with Crippen molar-refractivity contribution < 1.29 is 8.78 Å². The Morgan fingerprint density at radius 3 is 2.50 bits per heavy atom. The lowest BCUT2D eigenvalue weighted by Gasteiger charge is -2.21. The van der Waals surface area contributed by atoms with Crippen LogP contribution >= 0.6 is 15.9 Å². The van der Waals surface area contributed by atoms with Crippen molar-refractivity contribution in [3.8, 4) is 0 Å². The smallest absolute Gasteiger partial charge is 0.129 e. The van der Waals surface area contributed by atoms with Gasteiger partial charge in [0.05, 0.1) is 6.04 Å². The molecular formula is C16H16BrF2N. The molecule has 1 N–H and O–H groups in total. The topological polar surface area (TPSA) is 12.0 Å². The first-order valence-corrected chi connectivity index (χ1v) is 7.27. The number of hydrogen-bond acceptors (Lipinski definition) is 1. The summed E-state index contributed by atoms with van der Waals surface area (Å²) >= 11 is 3.37. The van der Waals surface area contributed by atoms with E-state index in [1.54, 1.807) is 25.1 Å². The van der Waals surface area contributed by atoms with Gasteiger partial charge in [-0.1, -0.05) is 41.1 Å². The summed E-state index contributed by atoms with van der Waals surface area (Å²) in [5, 5.41) is 3.21. The Morgan fingerprint density at radius 2 is 1.90 bits per heavy atom. The predicted octanol–water partition coefficient (Wildman–Crippen LogP) is 4.73. The summed E-state index contributed by atoms with van der Waals surface area (Å²) in [6.45, 7) is 4.30. The monoisotopic (exact) mass is 339 g/mol. The molecule has 1 unspecified atom stereocenters. The lowest BCUT2D eigenvalue weighted by molar-refractivity contribution is 0.551. The molecular weight excluding hydrogens is 324 g/mol. The third kappa shape index (κ3) is 3.07. The highest BCUT2D eigenvalue weighted by molar-refractivity contribution is 9.10. The minimum atomic E-state index is -0.384. The van der Waals surface area contributed by atoms with Crippen LogP contribution in [0.15, 0.2) is 40.9 Å². The fourth-order valence-corrected chi connectivity index (χ4v) is 2.74. The molecule has 4 heteroatoms. The van der Waals surface area contributed by atoms with E-state index in [-0.39, 0.29) is 17.7 Å². The maximum absolute atomic E-state index is 14.1. The number of aryl methyl sites for hydroxylation is 1. The van der Waals surface area contributed by atoms with E-state index in [1.807, 2.05) is 13.0 Å². The number of benzene rings is 2. The number of nitrogens with one attached hydrogen (secondary N) is 1. The van der Waals surface area contributed by atoms with E-state index in [4.69, 9.17) is 0 Å². The second kappa shape index (κ2) is 6.46. The quantitative estimate of drug-likeness (QED) is 0.848. The Kier molecular flexibility index (Phi) is 4.89. The van der Waals surface area contributed by atoms with Crippen LogP contribution in [0.5, 0.6) is 0 Å². The van der Waals surface area contributed by atoms with Crippen molar-refractivity contribution in [2.45, 2.75) is 19.9 Å². The van der Waals surface area contributed by atoms with Gasteiger partial charge >= 0.3 is 0 Å². The molecule has 0 saturated heterocycles. The third-order valence-electron chi connectivity index (χ3n) is 3.23. The van der Waals surface area contributed by atoms with Gasteiger partial charge in [-0.15, -0.1) is 0 Å². The van der Waals surface area contributed by atoms with Crippen molar-refractivity contribution in [1.29, 1.82) is 0 Å². The maximum atomic E-state index is 14.1. The molecule has 0 aromatic heterocycles. The number of halogens is 3. The first-order chi connectivity index (χ1) is 9.54. The molecule has 0 aliphatic rings. The summed E-state index contributed by atoms with van der Waals surface area (Å²) in [5.41, 5.74) is 1.79. The normalized spacial score (nSPS) is 12.4. The Morgan fingerprint density at radius 1 is 1.15 bits per heavy atom. The molecule has 1 nitrogen and oxygen atoms in total. The molecule has 0 aliphatic carbocycles. The predicted molar refractivity (Wildman–Crippen MR) is 80.8 cm³/mol. The van der Waals surface area contributed by atoms with E-state index >= 15 is 0 Å². The zero-order chi connectivity index (χ0) is 14.7. The Bertz CT molecular complexity index is 593. The second-order valence-corrected chi connectivity index (χ2v) is 5.49. The van der Waals surface area contributed by atoms with Gasteiger partial charge in [-0.05, 0) is 42.8 Å². The Hall–Kier alpha value is -1.26. The first-order valence-electron chi connectivity index (χ1n) is 6.48. The molecule has 0 amide bonds. The van der Waals surface area contributed by atoms with Crippen LogP contribution in [0.3, 0.4) is 0 Å². The molecule has 0 spiro atoms. The summed E-state index contributed by atoms with van der Waals surface area (Å²) in [4.78, 5) is 0. The van der Waals surface area contributed by atoms with E-state index in [0.717, 1.165) is 0 Å². The lowest BCUT2D eigenvalue weighted by atomic mass is 9.97. The van der Waals surface area contributed by atoms with Crippen molar-refractivity contribution in [1.82, 2.24) is 5.32 Å². The molecule has 0 aliphatic heterocycles. The highest BCUT2D eigenvalue weighted by Crippen LogP contribution is 2.31. The summed E-state index contributed by atoms with van der Waals surface area (Å²) < 4.78 is 28.6. The SMILES string of the molecule is CCNC(c1ccc(C)c(F)c1)c1c(F)cccc1Br. The van der Waals surface area contributed by atoms with Gasteiger partial charge in [0.25, 0.3) is 0 Å². The fraction of sp³-hybridized carbons (Fsp3) is 0.250. The average Bonchev–Trinajstić information content (AvgIpc) is 2.41. The molecule has 2 aromatic rings. The van der Waals surface area contributed by atoms with Crippen LogP contribution in [0, 0.1) is 18.6 Å². The van der Waals surface area contributed by atoms with Crippen LogP contribution < -0.4 is 5.32 Å². The van der Waals surface area contributed by atoms with E-state index in [1.165, 1.54) is 12.1 Å². The highest BCUT2D eigenvalue weighted by atomic mass is 79.9. The van der Waals surface area contributed by atoms with Crippen LogP contribution in [-0.2, 0) is 0 Å². The highest BCUT2D eigenvalue weighted by Gasteiger charge is 2.20. The van der Waals surface area contributed by atoms with Gasteiger partial charge < -0.3 is 5.32 Å². The Balaban J connectivity index is 2.53. The van der Waals surface area contributed by atoms with Gasteiger partial charge in [0.2, 0.25) is 0 Å². The third-order valence-corrected chi connectivity index (χ3v) is 3.92. The van der Waals surface area contributed by atoms with Gasteiger partial charge in [-0.3, -0.25) is 0 Å². The van der Waals surface area contributed by atoms with Crippen LogP contribution in [-0.4, -0.2) is 6.54 Å². The minimum absolute atomic E-state index is 0.280. The second-order valence-electron chi connectivity index (χ2n) is 4.63. The first kappa shape index (κ1) is 15.1. The van der Waals surface area contributed by atoms with E-state index in [0.29, 0.717) is 27.7 Å². The van der Waals surface area contributed by atoms with E-state index in [9.17, 15) is 8.78 Å². The van der Waals surface area contributed by atoms with Crippen molar-refractivity contribution in [3.63, 3.8) is 0 Å². The van der Waals surface area contributed by atoms with Crippen molar-refractivity contribution in [3.05, 3.63) is 69.2 Å². The maximum Gasteiger partial charge on any atom is 0.129 e. The molecule has 20 heavy (non-hydrogen) atoms. The van der Waals surface area contributed by atoms with E-state index in [2.05, 4.69) is 21.2 Å². The lowest BCUT2D eigenvalue weighted by Crippen LogP contribution is -2.23. The van der Waals surface area contributed by atoms with Crippen molar-refractivity contribution in [2.75, 3.05) is 6.54 Å². The molecule has 2 rings (SSSR count). The van der Waals surface area contributed by atoms with Gasteiger partial charge in [0.15, 0.2) is 0 Å². The summed E-state index contributed by atoms with van der Waals surface area (Å²) in [6.07, 6.45) is 0. The Labute approximate surface area is 126 Å². The standard InChI is InChI=1S/C16H16BrF2N/c1-3-20-16(11-8-7-10(2)14(19)9-11)15-12(17)5-4-6-13(15)18/h4-9,16,20H,3H2,1-2H3. The average molecular weight is 340 g/mol. The molecule has 0 bridgehead atoms. The van der Waals surface area contributed by atoms with Crippen LogP contribution in [0.2, 0.25) is 0 Å². The molecule has 0 saturated carbocycles. The zero-order valence-electron chi connectivity index (χ0n) is 11.4. The zero-order valence-corrected chi connectivity index (χ0v) is 13.0. The van der Waals surface area contributed by atoms with Crippen molar-refractivity contribution >= 4 is 15.9 Å². The molecule has 0 radical (unpaired) electrons. The molecule has 0 fully saturated rings. The van der Waals surface area contributed by atoms with Crippen molar-refractivity contribution in [2.24, 2.45) is 0 Å². The summed E-state index contributed by atoms with van der Waals surface area (Å²) in [7, 11) is 0.